The molecule has 0 bridgehead atoms. The lowest BCUT2D eigenvalue weighted by Gasteiger charge is -2.16. The van der Waals surface area contributed by atoms with Crippen LogP contribution in [-0.4, -0.2) is 54.0 Å². The standard InChI is InChI=1S/C11H17F3N4O2/c12-11(13,14)8-19-7-9-16-10(20-17-9)6-18-4-1-2-15-3-5-18/h15H,1-8H2. The van der Waals surface area contributed by atoms with Gasteiger partial charge in [0.2, 0.25) is 5.89 Å². The number of nitrogens with one attached hydrogen (secondary N) is 1. The number of halogens is 3. The van der Waals surface area contributed by atoms with Crippen LogP contribution in [0.15, 0.2) is 4.52 Å². The molecule has 1 N–H and O–H groups in total. The summed E-state index contributed by atoms with van der Waals surface area (Å²) in [5, 5.41) is 6.88. The van der Waals surface area contributed by atoms with Crippen molar-refractivity contribution in [3.05, 3.63) is 11.7 Å². The molecule has 1 saturated heterocycles. The average molecular weight is 294 g/mol. The number of hydrogen-bond donors (Lipinski definition) is 1. The highest BCUT2D eigenvalue weighted by molar-refractivity contribution is 4.85. The van der Waals surface area contributed by atoms with Crippen molar-refractivity contribution in [1.29, 1.82) is 0 Å². The molecule has 2 rings (SSSR count). The van der Waals surface area contributed by atoms with Crippen molar-refractivity contribution in [2.45, 2.75) is 25.7 Å². The quantitative estimate of drug-likeness (QED) is 0.872. The second kappa shape index (κ2) is 7.00. The molecule has 0 radical (unpaired) electrons. The predicted molar refractivity (Wildman–Crippen MR) is 62.8 cm³/mol. The van der Waals surface area contributed by atoms with Gasteiger partial charge in [-0.25, -0.2) is 0 Å². The Labute approximate surface area is 114 Å². The maximum absolute atomic E-state index is 11.9. The Morgan fingerprint density at radius 2 is 2.15 bits per heavy atom. The Morgan fingerprint density at radius 3 is 2.95 bits per heavy atom. The fourth-order valence-electron chi connectivity index (χ4n) is 1.92. The van der Waals surface area contributed by atoms with Crippen LogP contribution in [-0.2, 0) is 17.9 Å². The van der Waals surface area contributed by atoms with Crippen molar-refractivity contribution < 1.29 is 22.4 Å². The zero-order valence-electron chi connectivity index (χ0n) is 10.9. The Balaban J connectivity index is 1.76. The van der Waals surface area contributed by atoms with E-state index in [2.05, 4.69) is 25.1 Å². The summed E-state index contributed by atoms with van der Waals surface area (Å²) in [5.74, 6) is 0.537. The first-order chi connectivity index (χ1) is 9.53. The van der Waals surface area contributed by atoms with E-state index in [1.807, 2.05) is 0 Å². The molecule has 9 heteroatoms. The van der Waals surface area contributed by atoms with E-state index < -0.39 is 12.8 Å². The summed E-state index contributed by atoms with van der Waals surface area (Å²) in [7, 11) is 0. The number of nitrogens with zero attached hydrogens (tertiary/aromatic N) is 3. The Hall–Kier alpha value is -1.19. The number of rotatable bonds is 5. The van der Waals surface area contributed by atoms with Crippen LogP contribution in [0, 0.1) is 0 Å². The van der Waals surface area contributed by atoms with E-state index in [-0.39, 0.29) is 12.4 Å². The fraction of sp³-hybridized carbons (Fsp3) is 0.818. The van der Waals surface area contributed by atoms with Crippen LogP contribution in [0.1, 0.15) is 18.1 Å². The third-order valence-corrected chi connectivity index (χ3v) is 2.80. The van der Waals surface area contributed by atoms with Crippen molar-refractivity contribution in [1.82, 2.24) is 20.4 Å². The van der Waals surface area contributed by atoms with E-state index in [1.54, 1.807) is 0 Å². The highest BCUT2D eigenvalue weighted by atomic mass is 19.4. The van der Waals surface area contributed by atoms with E-state index in [0.717, 1.165) is 32.6 Å². The molecule has 6 nitrogen and oxygen atoms in total. The molecule has 0 aliphatic carbocycles. The molecule has 1 aromatic heterocycles. The maximum atomic E-state index is 11.9. The van der Waals surface area contributed by atoms with E-state index in [0.29, 0.717) is 12.4 Å². The van der Waals surface area contributed by atoms with Gasteiger partial charge in [0, 0.05) is 13.1 Å². The molecule has 0 amide bonds. The van der Waals surface area contributed by atoms with Crippen molar-refractivity contribution in [2.24, 2.45) is 0 Å². The van der Waals surface area contributed by atoms with Crippen LogP contribution in [0.5, 0.6) is 0 Å². The van der Waals surface area contributed by atoms with Gasteiger partial charge in [0.15, 0.2) is 5.82 Å². The second-order valence-electron chi connectivity index (χ2n) is 4.59. The summed E-state index contributed by atoms with van der Waals surface area (Å²) in [6.45, 7) is 2.58. The first kappa shape index (κ1) is 15.2. The molecule has 1 fully saturated rings. The topological polar surface area (TPSA) is 63.4 Å². The molecule has 20 heavy (non-hydrogen) atoms. The van der Waals surface area contributed by atoms with Gasteiger partial charge in [0.1, 0.15) is 13.2 Å². The van der Waals surface area contributed by atoms with Gasteiger partial charge in [-0.15, -0.1) is 0 Å². The van der Waals surface area contributed by atoms with Gasteiger partial charge in [-0.1, -0.05) is 5.16 Å². The number of aromatic nitrogens is 2. The minimum Gasteiger partial charge on any atom is -0.364 e. The lowest BCUT2D eigenvalue weighted by atomic mass is 10.4. The van der Waals surface area contributed by atoms with E-state index in [1.165, 1.54) is 0 Å². The van der Waals surface area contributed by atoms with E-state index in [4.69, 9.17) is 4.52 Å². The Morgan fingerprint density at radius 1 is 1.30 bits per heavy atom. The summed E-state index contributed by atoms with van der Waals surface area (Å²) >= 11 is 0. The number of hydrogen-bond acceptors (Lipinski definition) is 6. The lowest BCUT2D eigenvalue weighted by molar-refractivity contribution is -0.177. The van der Waals surface area contributed by atoms with Gasteiger partial charge < -0.3 is 14.6 Å². The monoisotopic (exact) mass is 294 g/mol. The third kappa shape index (κ3) is 5.43. The largest absolute Gasteiger partial charge is 0.411 e. The van der Waals surface area contributed by atoms with Gasteiger partial charge in [0.05, 0.1) is 6.54 Å². The van der Waals surface area contributed by atoms with Gasteiger partial charge in [0.25, 0.3) is 0 Å². The van der Waals surface area contributed by atoms with Crippen LogP contribution in [0.2, 0.25) is 0 Å². The smallest absolute Gasteiger partial charge is 0.364 e. The lowest BCUT2D eigenvalue weighted by Crippen LogP contribution is -2.27. The molecular formula is C11H17F3N4O2. The van der Waals surface area contributed by atoms with Crippen molar-refractivity contribution in [3.63, 3.8) is 0 Å². The molecule has 1 aliphatic heterocycles. The average Bonchev–Trinajstić information content (AvgIpc) is 2.64. The summed E-state index contributed by atoms with van der Waals surface area (Å²) in [6, 6.07) is 0. The predicted octanol–water partition coefficient (Wildman–Crippen LogP) is 0.944. The fourth-order valence-corrected chi connectivity index (χ4v) is 1.92. The molecule has 2 heterocycles. The summed E-state index contributed by atoms with van der Waals surface area (Å²) in [6.07, 6.45) is -3.30. The van der Waals surface area contributed by atoms with Crippen LogP contribution < -0.4 is 5.32 Å². The van der Waals surface area contributed by atoms with E-state index in [9.17, 15) is 13.2 Å². The molecule has 0 saturated carbocycles. The van der Waals surface area contributed by atoms with Crippen LogP contribution in [0.25, 0.3) is 0 Å². The van der Waals surface area contributed by atoms with Gasteiger partial charge >= 0.3 is 6.18 Å². The maximum Gasteiger partial charge on any atom is 0.411 e. The normalized spacial score (nSPS) is 18.1. The highest BCUT2D eigenvalue weighted by Gasteiger charge is 2.27. The highest BCUT2D eigenvalue weighted by Crippen LogP contribution is 2.15. The molecule has 0 unspecified atom stereocenters. The molecular weight excluding hydrogens is 277 g/mol. The van der Waals surface area contributed by atoms with Crippen molar-refractivity contribution >= 4 is 0 Å². The van der Waals surface area contributed by atoms with Crippen molar-refractivity contribution in [3.8, 4) is 0 Å². The zero-order chi connectivity index (χ0) is 14.4. The second-order valence-corrected chi connectivity index (χ2v) is 4.59. The molecule has 114 valence electrons. The van der Waals surface area contributed by atoms with Crippen LogP contribution in [0.3, 0.4) is 0 Å². The Bertz CT molecular complexity index is 403. The molecule has 0 aromatic carbocycles. The van der Waals surface area contributed by atoms with Crippen LogP contribution >= 0.6 is 0 Å². The zero-order valence-corrected chi connectivity index (χ0v) is 10.9. The third-order valence-electron chi connectivity index (χ3n) is 2.80. The molecule has 1 aliphatic rings. The van der Waals surface area contributed by atoms with Crippen molar-refractivity contribution in [2.75, 3.05) is 32.8 Å². The number of alkyl halides is 3. The summed E-state index contributed by atoms with van der Waals surface area (Å²) in [4.78, 5) is 6.18. The minimum atomic E-state index is -4.34. The Kier molecular flexibility index (Phi) is 5.32. The van der Waals surface area contributed by atoms with Crippen LogP contribution in [0.4, 0.5) is 13.2 Å². The summed E-state index contributed by atoms with van der Waals surface area (Å²) < 4.78 is 45.2. The molecule has 0 atom stereocenters. The first-order valence-electron chi connectivity index (χ1n) is 6.42. The molecule has 0 spiro atoms. The van der Waals surface area contributed by atoms with Gasteiger partial charge in [-0.2, -0.15) is 18.2 Å². The first-order valence-corrected chi connectivity index (χ1v) is 6.42. The van der Waals surface area contributed by atoms with E-state index >= 15 is 0 Å². The number of ether oxygens (including phenoxy) is 1. The van der Waals surface area contributed by atoms with Gasteiger partial charge in [-0.05, 0) is 19.5 Å². The molecule has 1 aromatic rings. The minimum absolute atomic E-state index is 0.136. The van der Waals surface area contributed by atoms with Gasteiger partial charge in [-0.3, -0.25) is 4.90 Å². The summed E-state index contributed by atoms with van der Waals surface area (Å²) in [5.41, 5.74) is 0. The SMILES string of the molecule is FC(F)(F)COCc1noc(CN2CCCNCC2)n1.